The Labute approximate surface area is 712 Å². The number of alkyl halides is 39. The van der Waals surface area contributed by atoms with Crippen LogP contribution in [0.4, 0.5) is 171 Å². The second-order valence-electron chi connectivity index (χ2n) is 34.0. The third kappa shape index (κ3) is 121. The molecule has 0 bridgehead atoms. The smallest absolute Gasteiger partial charge is 0.171 e. The predicted molar refractivity (Wildman–Crippen MR) is 419 cm³/mol. The molecule has 39 heteroatoms. The molecule has 0 heterocycles. The topological polar surface area (TPSA) is 0 Å². The van der Waals surface area contributed by atoms with Gasteiger partial charge in [0.05, 0.1) is 23.7 Å². The van der Waals surface area contributed by atoms with Crippen molar-refractivity contribution in [2.45, 2.75) is 455 Å². The minimum Gasteiger partial charge on any atom is -0.171 e. The van der Waals surface area contributed by atoms with E-state index in [1.165, 1.54) is 67.2 Å². The summed E-state index contributed by atoms with van der Waals surface area (Å²) in [6, 6.07) is 0. The molecule has 0 aliphatic carbocycles. The Morgan fingerprint density at radius 3 is 0.650 bits per heavy atom. The van der Waals surface area contributed by atoms with Crippen molar-refractivity contribution in [3.05, 3.63) is 0 Å². The molecule has 1 unspecified atom stereocenters. The molecule has 6 atom stereocenters. The molecule has 0 radical (unpaired) electrons. The van der Waals surface area contributed by atoms with Crippen molar-refractivity contribution in [3.8, 4) is 0 Å². The summed E-state index contributed by atoms with van der Waals surface area (Å²) < 4.78 is 457. The van der Waals surface area contributed by atoms with Gasteiger partial charge in [-0.05, 0) is 91.3 Å². The zero-order chi connectivity index (χ0) is 102. The van der Waals surface area contributed by atoms with Crippen LogP contribution in [-0.4, -0.2) is 80.3 Å². The van der Waals surface area contributed by atoms with Gasteiger partial charge in [0, 0.05) is 19.3 Å². The Balaban J connectivity index is -0.0000000976. The fraction of sp³-hybridized carbons (Fsp3) is 1.00. The third-order valence-corrected chi connectivity index (χ3v) is 18.3. The maximum absolute atomic E-state index is 11.9. The first kappa shape index (κ1) is 149. The van der Waals surface area contributed by atoms with Crippen LogP contribution in [0.1, 0.15) is 375 Å². The van der Waals surface area contributed by atoms with E-state index in [1.54, 1.807) is 34.6 Å². The molecule has 0 aromatic rings. The zero-order valence-electron chi connectivity index (χ0n) is 78.1. The van der Waals surface area contributed by atoms with E-state index >= 15 is 0 Å². The maximum Gasteiger partial charge on any atom is 0.400 e. The van der Waals surface area contributed by atoms with E-state index in [-0.39, 0.29) is 43.9 Å². The molecule has 123 heavy (non-hydrogen) atoms. The number of rotatable bonds is 26. The lowest BCUT2D eigenvalue weighted by atomic mass is 9.93. The van der Waals surface area contributed by atoms with E-state index in [4.69, 9.17) is 0 Å². The van der Waals surface area contributed by atoms with Gasteiger partial charge in [0.15, 0.2) is 17.8 Å². The van der Waals surface area contributed by atoms with Crippen molar-refractivity contribution in [1.29, 1.82) is 0 Å². The molecule has 0 nitrogen and oxygen atoms in total. The van der Waals surface area contributed by atoms with Crippen molar-refractivity contribution < 1.29 is 171 Å². The van der Waals surface area contributed by atoms with Crippen LogP contribution in [0.15, 0.2) is 0 Å². The predicted octanol–water partition coefficient (Wildman–Crippen LogP) is 40.9. The van der Waals surface area contributed by atoms with E-state index in [0.717, 1.165) is 50.4 Å². The summed E-state index contributed by atoms with van der Waals surface area (Å²) in [7, 11) is 0. The van der Waals surface area contributed by atoms with Gasteiger partial charge in [0.25, 0.3) is 0 Å². The molecule has 0 spiro atoms. The fourth-order valence-electron chi connectivity index (χ4n) is 7.17. The normalized spacial score (nSPS) is 14.2. The van der Waals surface area contributed by atoms with Crippen LogP contribution in [0, 0.1) is 87.8 Å². The number of hydrogen-bond donors (Lipinski definition) is 0. The van der Waals surface area contributed by atoms with Gasteiger partial charge in [-0.2, -0.15) is 171 Å². The maximum atomic E-state index is 11.9. The summed E-state index contributed by atoms with van der Waals surface area (Å²) in [4.78, 5) is 0. The van der Waals surface area contributed by atoms with Gasteiger partial charge in [-0.15, -0.1) is 0 Å². The van der Waals surface area contributed by atoms with Crippen molar-refractivity contribution in [3.63, 3.8) is 0 Å². The van der Waals surface area contributed by atoms with Crippen LogP contribution in [0.3, 0.4) is 0 Å². The Morgan fingerprint density at radius 1 is 0.220 bits per heavy atom. The average Bonchev–Trinajstić information content (AvgIpc) is 0.838. The number of halogens is 39. The summed E-state index contributed by atoms with van der Waals surface area (Å²) in [5, 5.41) is 0. The second kappa shape index (κ2) is 72.0. The second-order valence-corrected chi connectivity index (χ2v) is 34.0. The molecule has 0 N–H and O–H groups in total. The molecule has 0 aliphatic heterocycles. The van der Waals surface area contributed by atoms with E-state index < -0.39 is 173 Å². The number of unbranched alkanes of at least 4 members (excludes halogenated alkanes) is 5. The molecule has 0 saturated carbocycles. The minimum atomic E-state index is -5.19. The lowest BCUT2D eigenvalue weighted by Gasteiger charge is -2.24. The van der Waals surface area contributed by atoms with E-state index in [2.05, 4.69) is 104 Å². The first-order valence-electron chi connectivity index (χ1n) is 41.9. The molecular formula is C84H155F39. The van der Waals surface area contributed by atoms with Gasteiger partial charge in [0.1, 0.15) is 0 Å². The van der Waals surface area contributed by atoms with Crippen LogP contribution in [-0.2, 0) is 0 Å². The van der Waals surface area contributed by atoms with Crippen LogP contribution in [0.5, 0.6) is 0 Å². The summed E-state index contributed by atoms with van der Waals surface area (Å²) in [5.41, 5.74) is 1.08. The summed E-state index contributed by atoms with van der Waals surface area (Å²) >= 11 is 0. The quantitative estimate of drug-likeness (QED) is 0.0598. The van der Waals surface area contributed by atoms with Crippen LogP contribution in [0.25, 0.3) is 0 Å². The summed E-state index contributed by atoms with van der Waals surface area (Å²) in [5.74, 6) is -13.3. The third-order valence-electron chi connectivity index (χ3n) is 18.3. The van der Waals surface area contributed by atoms with Gasteiger partial charge in [-0.1, -0.05) is 310 Å². The molecule has 0 amide bonds. The van der Waals surface area contributed by atoms with Gasteiger partial charge in [-0.3, -0.25) is 0 Å². The fourth-order valence-corrected chi connectivity index (χ4v) is 7.17. The Morgan fingerprint density at radius 2 is 0.488 bits per heavy atom. The highest BCUT2D eigenvalue weighted by Gasteiger charge is 2.58. The summed E-state index contributed by atoms with van der Waals surface area (Å²) in [6.45, 7) is 56.0. The molecule has 0 aliphatic rings. The SMILES string of the molecule is CC(C)C(C)C.CC(C)CC(C(F)(F)F)C(F)(F)F.CCC(C)(C)C.CCC(C)(C)C.CCC(C)CC.CCCC(C(F)(F)F)C(F)(F)F.CCCCC(C(F)(F)F)C(F)(F)F.CCCCCCC(F)(F)F.CCCC[C@H](C)C(F)(F)F.CCC[C@H](C)C(F)(F)F.CCC[C@H](C)CC(F)(F)F.CC[C@H](C)C(C)C(F)(F)F.C[C@@H](CCC(F)(F)F)C(F)(F)F. The van der Waals surface area contributed by atoms with Crippen LogP contribution >= 0.6 is 0 Å². The standard InChI is InChI=1S/2C7H10F6.4C7H13F3.2C6H8F6.C6H11F3.4C6H14/c1-4(2)3-5(6(8,9)10)7(11,12)13;1-2-3-4-5(6(8,9)10)7(11,12)13;1-4-5(2)6(3)7(8,9)10;1-3-4-6(2)5-7(8,9)10;1-3-4-5-6(2)7(8,9)10;1-2-3-4-5-6-7(8,9)10;1-4(6(10,11)12)2-3-5(7,8)9;1-2-3-4(5(7,8)9)6(10,11)12;1-3-4-5(2)6(7,8)9;2*1-5-6(2,3)4;1-5(2)6(3)4;1-4-6(3)5-2/h4-5H,3H2,1-2H3;5H,2-4H2,1H3;5-6H,4H2,1-3H3;2*6H,3-5H2,1-2H3;2-6H2,1H3;2*4H,2-3H2,1H3;5H,3-4H2,1-2H3;2*5H2,1-4H3;5-6H,1-4H3;6H,4-5H2,1-3H3/t;;5-,6?;2*6-;;4-;;5-;;;;/m..000.0.0..../s1. The molecule has 0 rings (SSSR count). The Bertz CT molecular complexity index is 2150. The van der Waals surface area contributed by atoms with E-state index in [1.807, 2.05) is 20.8 Å². The average molecular weight is 1910 g/mol. The van der Waals surface area contributed by atoms with Crippen molar-refractivity contribution in [1.82, 2.24) is 0 Å². The Kier molecular flexibility index (Phi) is 87.0. The molecule has 0 saturated heterocycles. The highest BCUT2D eigenvalue weighted by Crippen LogP contribution is 2.46. The molecule has 0 fully saturated rings. The van der Waals surface area contributed by atoms with Gasteiger partial charge in [-0.25, -0.2) is 0 Å². The molecule has 0 aromatic heterocycles. The van der Waals surface area contributed by atoms with Crippen molar-refractivity contribution in [2.24, 2.45) is 87.8 Å². The Hall–Kier alpha value is -2.73. The highest BCUT2D eigenvalue weighted by molar-refractivity contribution is 4.78. The monoisotopic (exact) mass is 1910 g/mol. The number of hydrogen-bond acceptors (Lipinski definition) is 0. The van der Waals surface area contributed by atoms with Crippen molar-refractivity contribution >= 4 is 0 Å². The first-order valence-corrected chi connectivity index (χ1v) is 41.9. The van der Waals surface area contributed by atoms with Crippen molar-refractivity contribution in [2.75, 3.05) is 0 Å². The molecule has 0 aromatic carbocycles. The van der Waals surface area contributed by atoms with E-state index in [0.29, 0.717) is 49.4 Å². The van der Waals surface area contributed by atoms with E-state index in [9.17, 15) is 171 Å². The van der Waals surface area contributed by atoms with Gasteiger partial charge in [0.2, 0.25) is 0 Å². The minimum absolute atomic E-state index is 0.0658. The molecule has 764 valence electrons. The van der Waals surface area contributed by atoms with Gasteiger partial charge < -0.3 is 0 Å². The van der Waals surface area contributed by atoms with Gasteiger partial charge >= 0.3 is 80.3 Å². The van der Waals surface area contributed by atoms with Crippen LogP contribution < -0.4 is 0 Å². The first-order chi connectivity index (χ1) is 54.0. The lowest BCUT2D eigenvalue weighted by Crippen LogP contribution is -2.37. The highest BCUT2D eigenvalue weighted by atomic mass is 19.5. The largest absolute Gasteiger partial charge is 0.400 e. The lowest BCUT2D eigenvalue weighted by molar-refractivity contribution is -0.288. The zero-order valence-corrected chi connectivity index (χ0v) is 78.1. The molecular weight excluding hydrogens is 1750 g/mol. The summed E-state index contributed by atoms with van der Waals surface area (Å²) in [6.07, 6.45) is -53.3. The van der Waals surface area contributed by atoms with Crippen LogP contribution in [0.2, 0.25) is 0 Å².